The maximum absolute atomic E-state index is 13.1. The van der Waals surface area contributed by atoms with Crippen LogP contribution in [-0.4, -0.2) is 52.0 Å². The van der Waals surface area contributed by atoms with Gasteiger partial charge in [0.1, 0.15) is 5.75 Å². The molecule has 0 unspecified atom stereocenters. The van der Waals surface area contributed by atoms with E-state index >= 15 is 0 Å². The normalized spacial score (nSPS) is 32.7. The molecule has 5 aliphatic rings. The number of amides is 1. The van der Waals surface area contributed by atoms with Gasteiger partial charge in [0.15, 0.2) is 0 Å². The molecule has 4 bridgehead atoms. The molecule has 31 heavy (non-hydrogen) atoms. The van der Waals surface area contributed by atoms with Crippen molar-refractivity contribution in [2.75, 3.05) is 38.7 Å². The highest BCUT2D eigenvalue weighted by atomic mass is 32.2. The van der Waals surface area contributed by atoms with Gasteiger partial charge in [0.2, 0.25) is 15.9 Å². The summed E-state index contributed by atoms with van der Waals surface area (Å²) in [4.78, 5) is 13.3. The second-order valence-electron chi connectivity index (χ2n) is 10.0. The number of nitrogens with zero attached hydrogens (tertiary/aromatic N) is 1. The predicted octanol–water partition coefficient (Wildman–Crippen LogP) is 3.26. The van der Waals surface area contributed by atoms with Gasteiger partial charge in [0, 0.05) is 19.5 Å². The van der Waals surface area contributed by atoms with Crippen LogP contribution in [0, 0.1) is 23.2 Å². The molecular formula is C23H32N2O5S. The Bertz CT molecular complexity index is 919. The lowest BCUT2D eigenvalue weighted by atomic mass is 9.49. The van der Waals surface area contributed by atoms with E-state index in [1.54, 1.807) is 12.1 Å². The van der Waals surface area contributed by atoms with Crippen molar-refractivity contribution in [1.82, 2.24) is 4.31 Å². The summed E-state index contributed by atoms with van der Waals surface area (Å²) in [7, 11) is -2.11. The van der Waals surface area contributed by atoms with E-state index in [0.29, 0.717) is 44.2 Å². The number of rotatable bonds is 6. The summed E-state index contributed by atoms with van der Waals surface area (Å²) in [6, 6.07) is 4.69. The van der Waals surface area contributed by atoms with Crippen molar-refractivity contribution < 1.29 is 22.7 Å². The minimum atomic E-state index is -3.64. The zero-order valence-corrected chi connectivity index (χ0v) is 19.0. The molecule has 1 heterocycles. The Morgan fingerprint density at radius 2 is 1.74 bits per heavy atom. The smallest absolute Gasteiger partial charge is 0.243 e. The van der Waals surface area contributed by atoms with E-state index in [9.17, 15) is 13.2 Å². The first-order chi connectivity index (χ1) is 14.9. The van der Waals surface area contributed by atoms with E-state index in [2.05, 4.69) is 5.32 Å². The van der Waals surface area contributed by atoms with Gasteiger partial charge in [-0.15, -0.1) is 0 Å². The Hall–Kier alpha value is -1.64. The first kappa shape index (κ1) is 21.2. The van der Waals surface area contributed by atoms with Gasteiger partial charge in [-0.3, -0.25) is 4.79 Å². The molecular weight excluding hydrogens is 416 g/mol. The van der Waals surface area contributed by atoms with Gasteiger partial charge >= 0.3 is 0 Å². The first-order valence-electron chi connectivity index (χ1n) is 11.4. The zero-order valence-electron chi connectivity index (χ0n) is 18.1. The maximum atomic E-state index is 13.1. The number of carbonyl (C=O) groups is 1. The standard InChI is InChI=1S/C23H32N2O5S/c1-29-21-3-2-19(31(27,28)25-4-6-30-7-5-25)11-20(21)24-22(26)15-23-12-16-8-17(13-23)10-18(9-16)14-23/h2-3,11,16-18H,4-10,12-15H2,1H3,(H,24,26). The molecule has 6 rings (SSSR count). The molecule has 170 valence electrons. The lowest BCUT2D eigenvalue weighted by Gasteiger charge is -2.56. The molecule has 1 aromatic rings. The summed E-state index contributed by atoms with van der Waals surface area (Å²) in [5.41, 5.74) is 0.551. The van der Waals surface area contributed by atoms with E-state index in [1.165, 1.54) is 36.7 Å². The molecule has 1 N–H and O–H groups in total. The number of ether oxygens (including phenoxy) is 2. The zero-order chi connectivity index (χ0) is 21.6. The molecule has 1 aromatic carbocycles. The molecule has 0 spiro atoms. The quantitative estimate of drug-likeness (QED) is 0.722. The van der Waals surface area contributed by atoms with Gasteiger partial charge in [-0.2, -0.15) is 4.31 Å². The minimum Gasteiger partial charge on any atom is -0.495 e. The number of methoxy groups -OCH3 is 1. The number of anilines is 1. The molecule has 0 aromatic heterocycles. The highest BCUT2D eigenvalue weighted by molar-refractivity contribution is 7.89. The number of sulfonamides is 1. The number of benzene rings is 1. The molecule has 4 saturated carbocycles. The van der Waals surface area contributed by atoms with Crippen LogP contribution in [-0.2, 0) is 19.6 Å². The lowest BCUT2D eigenvalue weighted by Crippen LogP contribution is -2.47. The van der Waals surface area contributed by atoms with Gasteiger partial charge in [-0.1, -0.05) is 0 Å². The van der Waals surface area contributed by atoms with Gasteiger partial charge in [0.25, 0.3) is 0 Å². The van der Waals surface area contributed by atoms with Crippen LogP contribution in [0.25, 0.3) is 0 Å². The monoisotopic (exact) mass is 448 g/mol. The van der Waals surface area contributed by atoms with Crippen LogP contribution in [0.3, 0.4) is 0 Å². The van der Waals surface area contributed by atoms with Crippen molar-refractivity contribution in [3.8, 4) is 5.75 Å². The second kappa shape index (κ2) is 8.05. The van der Waals surface area contributed by atoms with Crippen molar-refractivity contribution in [3.63, 3.8) is 0 Å². The van der Waals surface area contributed by atoms with Crippen molar-refractivity contribution in [2.45, 2.75) is 49.8 Å². The molecule has 8 heteroatoms. The molecule has 0 atom stereocenters. The van der Waals surface area contributed by atoms with Crippen molar-refractivity contribution in [1.29, 1.82) is 0 Å². The summed E-state index contributed by atoms with van der Waals surface area (Å²) in [5, 5.41) is 2.98. The highest BCUT2D eigenvalue weighted by Gasteiger charge is 2.51. The van der Waals surface area contributed by atoms with Crippen molar-refractivity contribution >= 4 is 21.6 Å². The van der Waals surface area contributed by atoms with E-state index in [0.717, 1.165) is 37.0 Å². The molecule has 1 aliphatic heterocycles. The van der Waals surface area contributed by atoms with Crippen LogP contribution in [0.2, 0.25) is 0 Å². The number of nitrogens with one attached hydrogen (secondary N) is 1. The van der Waals surface area contributed by atoms with Crippen LogP contribution in [0.15, 0.2) is 23.1 Å². The van der Waals surface area contributed by atoms with Gasteiger partial charge < -0.3 is 14.8 Å². The van der Waals surface area contributed by atoms with E-state index < -0.39 is 10.0 Å². The van der Waals surface area contributed by atoms with Gasteiger partial charge in [-0.25, -0.2) is 8.42 Å². The molecule has 1 amide bonds. The van der Waals surface area contributed by atoms with Crippen LogP contribution < -0.4 is 10.1 Å². The maximum Gasteiger partial charge on any atom is 0.243 e. The van der Waals surface area contributed by atoms with E-state index in [1.807, 2.05) is 0 Å². The summed E-state index contributed by atoms with van der Waals surface area (Å²) >= 11 is 0. The number of carbonyl (C=O) groups excluding carboxylic acids is 1. The fraction of sp³-hybridized carbons (Fsp3) is 0.696. The lowest BCUT2D eigenvalue weighted by molar-refractivity contribution is -0.124. The summed E-state index contributed by atoms with van der Waals surface area (Å²) in [6.07, 6.45) is 8.03. The average Bonchev–Trinajstić information content (AvgIpc) is 2.73. The third-order valence-electron chi connectivity index (χ3n) is 7.75. The summed E-state index contributed by atoms with van der Waals surface area (Å²) in [5.74, 6) is 2.79. The minimum absolute atomic E-state index is 0.0406. The van der Waals surface area contributed by atoms with Gasteiger partial charge in [-0.05, 0) is 79.9 Å². The summed E-state index contributed by atoms with van der Waals surface area (Å²) in [6.45, 7) is 1.46. The summed E-state index contributed by atoms with van der Waals surface area (Å²) < 4.78 is 38.2. The van der Waals surface area contributed by atoms with Crippen LogP contribution in [0.5, 0.6) is 5.75 Å². The first-order valence-corrected chi connectivity index (χ1v) is 12.9. The fourth-order valence-electron chi connectivity index (χ4n) is 6.92. The molecule has 7 nitrogen and oxygen atoms in total. The predicted molar refractivity (Wildman–Crippen MR) is 116 cm³/mol. The molecule has 4 aliphatic carbocycles. The van der Waals surface area contributed by atoms with Crippen molar-refractivity contribution in [3.05, 3.63) is 18.2 Å². The number of hydrogen-bond acceptors (Lipinski definition) is 5. The number of hydrogen-bond donors (Lipinski definition) is 1. The van der Waals surface area contributed by atoms with Crippen molar-refractivity contribution in [2.24, 2.45) is 23.2 Å². The number of morpholine rings is 1. The Labute approximate surface area is 184 Å². The van der Waals surface area contributed by atoms with Gasteiger partial charge in [0.05, 0.1) is 30.9 Å². The Kier molecular flexibility index (Phi) is 5.51. The highest BCUT2D eigenvalue weighted by Crippen LogP contribution is 2.61. The van der Waals surface area contributed by atoms with E-state index in [-0.39, 0.29) is 16.2 Å². The molecule has 0 radical (unpaired) electrons. The average molecular weight is 449 g/mol. The molecule has 5 fully saturated rings. The Morgan fingerprint density at radius 3 is 2.32 bits per heavy atom. The van der Waals surface area contributed by atoms with Crippen LogP contribution >= 0.6 is 0 Å². The molecule has 1 saturated heterocycles. The topological polar surface area (TPSA) is 84.9 Å². The third kappa shape index (κ3) is 4.10. The largest absolute Gasteiger partial charge is 0.495 e. The third-order valence-corrected chi connectivity index (χ3v) is 9.65. The Balaban J connectivity index is 1.33. The Morgan fingerprint density at radius 1 is 1.13 bits per heavy atom. The van der Waals surface area contributed by atoms with Crippen LogP contribution in [0.4, 0.5) is 5.69 Å². The SMILES string of the molecule is COc1ccc(S(=O)(=O)N2CCOCC2)cc1NC(=O)CC12CC3CC(CC(C3)C1)C2. The van der Waals surface area contributed by atoms with Crippen LogP contribution in [0.1, 0.15) is 44.9 Å². The van der Waals surface area contributed by atoms with E-state index in [4.69, 9.17) is 9.47 Å². The second-order valence-corrected chi connectivity index (χ2v) is 12.0. The fourth-order valence-corrected chi connectivity index (χ4v) is 8.36.